The SMILES string of the molecule is COC(=O)c1ccc(C=C2SC(=Nc3ccccc3Cl)NC2=O)cc1. The van der Waals surface area contributed by atoms with Crippen molar-refractivity contribution in [1.29, 1.82) is 0 Å². The molecule has 1 aliphatic heterocycles. The van der Waals surface area contributed by atoms with Gasteiger partial charge >= 0.3 is 5.97 Å². The molecule has 1 fully saturated rings. The van der Waals surface area contributed by atoms with Gasteiger partial charge in [-0.1, -0.05) is 35.9 Å². The number of rotatable bonds is 3. The van der Waals surface area contributed by atoms with Crippen LogP contribution in [0.2, 0.25) is 5.02 Å². The predicted molar refractivity (Wildman–Crippen MR) is 100 cm³/mol. The highest BCUT2D eigenvalue weighted by Crippen LogP contribution is 2.30. The van der Waals surface area contributed by atoms with Crippen molar-refractivity contribution in [1.82, 2.24) is 5.32 Å². The molecular weight excluding hydrogens is 360 g/mol. The van der Waals surface area contributed by atoms with Gasteiger partial charge in [0.2, 0.25) is 0 Å². The van der Waals surface area contributed by atoms with E-state index >= 15 is 0 Å². The molecule has 0 unspecified atom stereocenters. The summed E-state index contributed by atoms with van der Waals surface area (Å²) in [6.45, 7) is 0. The van der Waals surface area contributed by atoms with Gasteiger partial charge in [0, 0.05) is 0 Å². The highest BCUT2D eigenvalue weighted by atomic mass is 35.5. The summed E-state index contributed by atoms with van der Waals surface area (Å²) in [7, 11) is 1.33. The number of hydrogen-bond donors (Lipinski definition) is 1. The van der Waals surface area contributed by atoms with Crippen LogP contribution in [0, 0.1) is 0 Å². The van der Waals surface area contributed by atoms with Gasteiger partial charge in [-0.3, -0.25) is 4.79 Å². The number of amidine groups is 1. The van der Waals surface area contributed by atoms with Crippen molar-refractivity contribution < 1.29 is 14.3 Å². The Kier molecular flexibility index (Phi) is 5.21. The molecule has 2 aromatic carbocycles. The summed E-state index contributed by atoms with van der Waals surface area (Å²) in [5.41, 5.74) is 1.84. The van der Waals surface area contributed by atoms with Crippen LogP contribution >= 0.6 is 23.4 Å². The van der Waals surface area contributed by atoms with Gasteiger partial charge in [-0.15, -0.1) is 0 Å². The Bertz CT molecular complexity index is 891. The number of esters is 1. The third kappa shape index (κ3) is 4.10. The Morgan fingerprint density at radius 1 is 1.20 bits per heavy atom. The van der Waals surface area contributed by atoms with E-state index in [1.807, 2.05) is 12.1 Å². The normalized spacial score (nSPS) is 17.0. The maximum absolute atomic E-state index is 12.1. The minimum atomic E-state index is -0.402. The fraction of sp³-hybridized carbons (Fsp3) is 0.0556. The van der Waals surface area contributed by atoms with Crippen molar-refractivity contribution >= 4 is 52.2 Å². The van der Waals surface area contributed by atoms with E-state index in [9.17, 15) is 9.59 Å². The summed E-state index contributed by atoms with van der Waals surface area (Å²) in [4.78, 5) is 28.4. The molecule has 0 saturated carbocycles. The Labute approximate surface area is 153 Å². The molecule has 0 atom stereocenters. The third-order valence-corrected chi connectivity index (χ3v) is 4.58. The zero-order valence-corrected chi connectivity index (χ0v) is 14.7. The molecule has 7 heteroatoms. The average molecular weight is 373 g/mol. The molecule has 1 saturated heterocycles. The Morgan fingerprint density at radius 3 is 2.60 bits per heavy atom. The second-order valence-electron chi connectivity index (χ2n) is 5.05. The summed E-state index contributed by atoms with van der Waals surface area (Å²) in [6, 6.07) is 13.9. The largest absolute Gasteiger partial charge is 0.465 e. The number of para-hydroxylation sites is 1. The molecule has 126 valence electrons. The van der Waals surface area contributed by atoms with Crippen LogP contribution < -0.4 is 5.32 Å². The van der Waals surface area contributed by atoms with Gasteiger partial charge in [0.15, 0.2) is 5.17 Å². The number of amides is 1. The highest BCUT2D eigenvalue weighted by molar-refractivity contribution is 8.18. The molecule has 5 nitrogen and oxygen atoms in total. The maximum Gasteiger partial charge on any atom is 0.337 e. The van der Waals surface area contributed by atoms with Gasteiger partial charge in [-0.25, -0.2) is 9.79 Å². The topological polar surface area (TPSA) is 67.8 Å². The first-order valence-electron chi connectivity index (χ1n) is 7.29. The van der Waals surface area contributed by atoms with Gasteiger partial charge in [-0.05, 0) is 47.7 Å². The van der Waals surface area contributed by atoms with E-state index < -0.39 is 5.97 Å². The van der Waals surface area contributed by atoms with Crippen LogP contribution in [0.15, 0.2) is 58.4 Å². The molecule has 0 bridgehead atoms. The number of hydrogen-bond acceptors (Lipinski definition) is 5. The second-order valence-corrected chi connectivity index (χ2v) is 6.48. The number of ether oxygens (including phenoxy) is 1. The summed E-state index contributed by atoms with van der Waals surface area (Å²) >= 11 is 7.31. The van der Waals surface area contributed by atoms with Crippen LogP contribution in [0.3, 0.4) is 0 Å². The number of nitrogens with zero attached hydrogens (tertiary/aromatic N) is 1. The number of carbonyl (C=O) groups excluding carboxylic acids is 2. The van der Waals surface area contributed by atoms with E-state index in [1.165, 1.54) is 18.9 Å². The zero-order chi connectivity index (χ0) is 17.8. The van der Waals surface area contributed by atoms with Crippen molar-refractivity contribution in [2.75, 3.05) is 7.11 Å². The fourth-order valence-electron chi connectivity index (χ4n) is 2.12. The summed E-state index contributed by atoms with van der Waals surface area (Å²) < 4.78 is 4.66. The van der Waals surface area contributed by atoms with Gasteiger partial charge in [0.1, 0.15) is 0 Å². The van der Waals surface area contributed by atoms with E-state index in [1.54, 1.807) is 42.5 Å². The van der Waals surface area contributed by atoms with Crippen LogP contribution in [0.25, 0.3) is 6.08 Å². The van der Waals surface area contributed by atoms with Crippen molar-refractivity contribution in [2.24, 2.45) is 4.99 Å². The van der Waals surface area contributed by atoms with Gasteiger partial charge in [-0.2, -0.15) is 0 Å². The Morgan fingerprint density at radius 2 is 1.92 bits per heavy atom. The highest BCUT2D eigenvalue weighted by Gasteiger charge is 2.24. The second kappa shape index (κ2) is 7.55. The van der Waals surface area contributed by atoms with E-state index in [-0.39, 0.29) is 5.91 Å². The van der Waals surface area contributed by atoms with Crippen molar-refractivity contribution in [3.05, 3.63) is 69.6 Å². The lowest BCUT2D eigenvalue weighted by atomic mass is 10.1. The maximum atomic E-state index is 12.1. The third-order valence-electron chi connectivity index (χ3n) is 3.35. The smallest absolute Gasteiger partial charge is 0.337 e. The van der Waals surface area contributed by atoms with Gasteiger partial charge < -0.3 is 10.1 Å². The number of benzene rings is 2. The molecule has 3 rings (SSSR count). The lowest BCUT2D eigenvalue weighted by Gasteiger charge is -2.00. The monoisotopic (exact) mass is 372 g/mol. The summed E-state index contributed by atoms with van der Waals surface area (Å²) in [6.07, 6.45) is 1.73. The van der Waals surface area contributed by atoms with Gasteiger partial charge in [0.05, 0.1) is 28.3 Å². The predicted octanol–water partition coefficient (Wildman–Crippen LogP) is 4.02. The summed E-state index contributed by atoms with van der Waals surface area (Å²) in [5, 5.41) is 3.69. The number of nitrogens with one attached hydrogen (secondary N) is 1. The minimum absolute atomic E-state index is 0.229. The number of carbonyl (C=O) groups is 2. The fourth-order valence-corrected chi connectivity index (χ4v) is 3.13. The number of thioether (sulfide) groups is 1. The Hall–Kier alpha value is -2.57. The van der Waals surface area contributed by atoms with Crippen LogP contribution in [-0.4, -0.2) is 24.2 Å². The van der Waals surface area contributed by atoms with Crippen LogP contribution in [0.4, 0.5) is 5.69 Å². The molecule has 1 N–H and O–H groups in total. The minimum Gasteiger partial charge on any atom is -0.465 e. The Balaban J connectivity index is 1.80. The molecule has 25 heavy (non-hydrogen) atoms. The molecule has 0 radical (unpaired) electrons. The van der Waals surface area contributed by atoms with E-state index in [0.29, 0.717) is 26.3 Å². The lowest BCUT2D eigenvalue weighted by Crippen LogP contribution is -2.19. The molecule has 0 aromatic heterocycles. The van der Waals surface area contributed by atoms with Crippen molar-refractivity contribution in [3.63, 3.8) is 0 Å². The molecular formula is C18H13ClN2O3S. The number of methoxy groups -OCH3 is 1. The molecule has 0 aliphatic carbocycles. The average Bonchev–Trinajstić information content (AvgIpc) is 2.96. The first kappa shape index (κ1) is 17.3. The van der Waals surface area contributed by atoms with E-state index in [4.69, 9.17) is 11.6 Å². The van der Waals surface area contributed by atoms with Crippen molar-refractivity contribution in [3.8, 4) is 0 Å². The quantitative estimate of drug-likeness (QED) is 0.652. The van der Waals surface area contributed by atoms with Crippen LogP contribution in [-0.2, 0) is 9.53 Å². The van der Waals surface area contributed by atoms with Gasteiger partial charge in [0.25, 0.3) is 5.91 Å². The molecule has 2 aromatic rings. The van der Waals surface area contributed by atoms with E-state index in [0.717, 1.165) is 5.56 Å². The first-order valence-corrected chi connectivity index (χ1v) is 8.49. The molecule has 1 aliphatic rings. The number of halogens is 1. The van der Waals surface area contributed by atoms with Crippen LogP contribution in [0.5, 0.6) is 0 Å². The van der Waals surface area contributed by atoms with E-state index in [2.05, 4.69) is 15.0 Å². The molecule has 1 heterocycles. The summed E-state index contributed by atoms with van der Waals surface area (Å²) in [5.74, 6) is -0.630. The molecule has 0 spiro atoms. The number of aliphatic imine (C=N–C) groups is 1. The lowest BCUT2D eigenvalue weighted by molar-refractivity contribution is -0.115. The molecule has 1 amide bonds. The first-order chi connectivity index (χ1) is 12.1. The standard InChI is InChI=1S/C18H13ClN2O3S/c1-24-17(23)12-8-6-11(7-9-12)10-15-16(22)21-18(25-15)20-14-5-3-2-4-13(14)19/h2-10H,1H3,(H,20,21,22). The van der Waals surface area contributed by atoms with Crippen molar-refractivity contribution in [2.45, 2.75) is 0 Å². The van der Waals surface area contributed by atoms with Crippen LogP contribution in [0.1, 0.15) is 15.9 Å². The zero-order valence-electron chi connectivity index (χ0n) is 13.2.